The Morgan fingerprint density at radius 3 is 2.78 bits per heavy atom. The second kappa shape index (κ2) is 8.38. The molecule has 1 amide bonds. The molecule has 11 heteroatoms. The van der Waals surface area contributed by atoms with Gasteiger partial charge in [-0.05, 0) is 18.2 Å². The Hall–Kier alpha value is -4.93. The number of aromatic nitrogens is 7. The normalized spacial score (nSPS) is 11.6. The lowest BCUT2D eigenvalue weighted by atomic mass is 10.1. The van der Waals surface area contributed by atoms with Crippen LogP contribution >= 0.6 is 0 Å². The summed E-state index contributed by atoms with van der Waals surface area (Å²) in [6.45, 7) is 3.58. The predicted octanol–water partition coefficient (Wildman–Crippen LogP) is 4.95. The van der Waals surface area contributed by atoms with Crippen molar-refractivity contribution < 1.29 is 13.6 Å². The number of imidazole rings is 1. The maximum Gasteiger partial charge on any atom is 0.226 e. The van der Waals surface area contributed by atoms with Crippen molar-refractivity contribution in [1.82, 2.24) is 35.1 Å². The van der Waals surface area contributed by atoms with Crippen LogP contribution in [0, 0.1) is 11.7 Å². The second-order valence-electron chi connectivity index (χ2n) is 8.54. The van der Waals surface area contributed by atoms with E-state index < -0.39 is 5.82 Å². The number of aromatic amines is 2. The molecule has 10 nitrogen and oxygen atoms in total. The fraction of sp³-hybridized carbons (Fsp3) is 0.120. The minimum absolute atomic E-state index is 0.159. The van der Waals surface area contributed by atoms with E-state index in [1.54, 1.807) is 38.6 Å². The van der Waals surface area contributed by atoms with Crippen LogP contribution < -0.4 is 5.32 Å². The number of furan rings is 1. The zero-order chi connectivity index (χ0) is 24.8. The SMILES string of the molecule is CC(C)C(=O)Nc1cncc(-c2cnc3[nH]nc(-c4nc5c(-c6ccoc6)ccnc5[nH]4)c3c2F)c1. The molecule has 0 bridgehead atoms. The van der Waals surface area contributed by atoms with E-state index in [0.717, 1.165) is 11.1 Å². The lowest BCUT2D eigenvalue weighted by Crippen LogP contribution is -2.17. The molecule has 0 aromatic carbocycles. The molecule has 6 aromatic rings. The minimum atomic E-state index is -0.540. The van der Waals surface area contributed by atoms with Crippen molar-refractivity contribution in [3.8, 4) is 33.8 Å². The molecule has 0 spiro atoms. The van der Waals surface area contributed by atoms with Crippen LogP contribution in [0.3, 0.4) is 0 Å². The smallest absolute Gasteiger partial charge is 0.226 e. The lowest BCUT2D eigenvalue weighted by Gasteiger charge is -2.09. The maximum absolute atomic E-state index is 15.9. The van der Waals surface area contributed by atoms with Crippen LogP contribution in [0.15, 0.2) is 59.9 Å². The first-order valence-electron chi connectivity index (χ1n) is 11.2. The maximum atomic E-state index is 15.9. The predicted molar refractivity (Wildman–Crippen MR) is 131 cm³/mol. The molecule has 0 aliphatic carbocycles. The molecule has 0 fully saturated rings. The van der Waals surface area contributed by atoms with Crippen molar-refractivity contribution in [2.45, 2.75) is 13.8 Å². The molecule has 0 aliphatic rings. The molecule has 0 saturated carbocycles. The summed E-state index contributed by atoms with van der Waals surface area (Å²) in [6, 6.07) is 5.31. The molecule has 0 radical (unpaired) electrons. The Labute approximate surface area is 203 Å². The number of anilines is 1. The van der Waals surface area contributed by atoms with Crippen molar-refractivity contribution in [1.29, 1.82) is 0 Å². The number of amides is 1. The highest BCUT2D eigenvalue weighted by atomic mass is 19.1. The highest BCUT2D eigenvalue weighted by Gasteiger charge is 2.22. The topological polar surface area (TPSA) is 138 Å². The van der Waals surface area contributed by atoms with Crippen LogP contribution in [0.25, 0.3) is 56.0 Å². The fourth-order valence-corrected chi connectivity index (χ4v) is 3.94. The number of halogens is 1. The summed E-state index contributed by atoms with van der Waals surface area (Å²) in [7, 11) is 0. The van der Waals surface area contributed by atoms with Crippen LogP contribution in [0.2, 0.25) is 0 Å². The summed E-state index contributed by atoms with van der Waals surface area (Å²) < 4.78 is 21.1. The number of carbonyl (C=O) groups is 1. The Bertz CT molecular complexity index is 1740. The average molecular weight is 482 g/mol. The first-order chi connectivity index (χ1) is 17.5. The number of fused-ring (bicyclic) bond motifs is 2. The number of nitrogens with zero attached hydrogens (tertiary/aromatic N) is 5. The van der Waals surface area contributed by atoms with Crippen molar-refractivity contribution in [3.63, 3.8) is 0 Å². The van der Waals surface area contributed by atoms with Gasteiger partial charge in [0.2, 0.25) is 5.91 Å². The van der Waals surface area contributed by atoms with Gasteiger partial charge >= 0.3 is 0 Å². The molecule has 0 unspecified atom stereocenters. The quantitative estimate of drug-likeness (QED) is 0.316. The van der Waals surface area contributed by atoms with Crippen LogP contribution in [-0.2, 0) is 4.79 Å². The van der Waals surface area contributed by atoms with E-state index in [2.05, 4.69) is 40.4 Å². The third-order valence-corrected chi connectivity index (χ3v) is 5.81. The Balaban J connectivity index is 1.46. The summed E-state index contributed by atoms with van der Waals surface area (Å²) in [5.41, 5.74) is 4.48. The van der Waals surface area contributed by atoms with Crippen LogP contribution in [-0.4, -0.2) is 41.0 Å². The molecule has 3 N–H and O–H groups in total. The number of rotatable bonds is 5. The number of carbonyl (C=O) groups excluding carboxylic acids is 1. The van der Waals surface area contributed by atoms with E-state index in [0.29, 0.717) is 28.2 Å². The van der Waals surface area contributed by atoms with Gasteiger partial charge in [0, 0.05) is 46.8 Å². The van der Waals surface area contributed by atoms with Gasteiger partial charge in [-0.1, -0.05) is 13.8 Å². The van der Waals surface area contributed by atoms with Gasteiger partial charge in [0.15, 0.2) is 17.1 Å². The minimum Gasteiger partial charge on any atom is -0.472 e. The summed E-state index contributed by atoms with van der Waals surface area (Å²) >= 11 is 0. The first kappa shape index (κ1) is 21.6. The van der Waals surface area contributed by atoms with E-state index in [1.165, 1.54) is 18.6 Å². The van der Waals surface area contributed by atoms with Gasteiger partial charge in [0.25, 0.3) is 0 Å². The van der Waals surface area contributed by atoms with Crippen LogP contribution in [0.4, 0.5) is 10.1 Å². The molecule has 0 saturated heterocycles. The van der Waals surface area contributed by atoms with E-state index >= 15 is 4.39 Å². The Kier molecular flexibility index (Phi) is 5.03. The van der Waals surface area contributed by atoms with Gasteiger partial charge in [-0.15, -0.1) is 0 Å². The summed E-state index contributed by atoms with van der Waals surface area (Å²) in [5.74, 6) is -0.562. The van der Waals surface area contributed by atoms with E-state index in [4.69, 9.17) is 4.42 Å². The largest absolute Gasteiger partial charge is 0.472 e. The van der Waals surface area contributed by atoms with Gasteiger partial charge in [0.1, 0.15) is 17.0 Å². The number of pyridine rings is 3. The molecule has 0 atom stereocenters. The van der Waals surface area contributed by atoms with Crippen molar-refractivity contribution in [2.75, 3.05) is 5.32 Å². The zero-order valence-electron chi connectivity index (χ0n) is 19.2. The Morgan fingerprint density at radius 2 is 1.97 bits per heavy atom. The molecule has 0 aliphatic heterocycles. The molecular weight excluding hydrogens is 463 g/mol. The molecule has 6 aromatic heterocycles. The molecule has 36 heavy (non-hydrogen) atoms. The van der Waals surface area contributed by atoms with Gasteiger partial charge in [-0.25, -0.2) is 19.3 Å². The second-order valence-corrected chi connectivity index (χ2v) is 8.54. The summed E-state index contributed by atoms with van der Waals surface area (Å²) in [4.78, 5) is 32.8. The van der Waals surface area contributed by atoms with Gasteiger partial charge < -0.3 is 14.7 Å². The van der Waals surface area contributed by atoms with Crippen LogP contribution in [0.5, 0.6) is 0 Å². The Morgan fingerprint density at radius 1 is 1.08 bits per heavy atom. The number of nitrogens with one attached hydrogen (secondary N) is 3. The molecule has 178 valence electrons. The average Bonchev–Trinajstić information content (AvgIpc) is 3.63. The molecular formula is C25H19FN8O2. The van der Waals surface area contributed by atoms with Crippen LogP contribution in [0.1, 0.15) is 13.8 Å². The van der Waals surface area contributed by atoms with Crippen molar-refractivity contribution in [2.24, 2.45) is 5.92 Å². The highest BCUT2D eigenvalue weighted by Crippen LogP contribution is 2.34. The van der Waals surface area contributed by atoms with Crippen molar-refractivity contribution >= 4 is 33.8 Å². The van der Waals surface area contributed by atoms with E-state index in [9.17, 15) is 4.79 Å². The van der Waals surface area contributed by atoms with E-state index in [1.807, 2.05) is 12.1 Å². The monoisotopic (exact) mass is 482 g/mol. The first-order valence-corrected chi connectivity index (χ1v) is 11.2. The third kappa shape index (κ3) is 3.57. The summed E-state index contributed by atoms with van der Waals surface area (Å²) in [6.07, 6.45) is 9.29. The third-order valence-electron chi connectivity index (χ3n) is 5.81. The van der Waals surface area contributed by atoms with Crippen molar-refractivity contribution in [3.05, 3.63) is 61.3 Å². The van der Waals surface area contributed by atoms with Gasteiger partial charge in [-0.3, -0.25) is 14.9 Å². The molecule has 6 heterocycles. The zero-order valence-corrected chi connectivity index (χ0v) is 19.2. The highest BCUT2D eigenvalue weighted by molar-refractivity contribution is 5.97. The number of hydrogen-bond acceptors (Lipinski definition) is 7. The van der Waals surface area contributed by atoms with Gasteiger partial charge in [0.05, 0.1) is 29.8 Å². The fourth-order valence-electron chi connectivity index (χ4n) is 3.94. The number of hydrogen-bond donors (Lipinski definition) is 3. The summed E-state index contributed by atoms with van der Waals surface area (Å²) in [5, 5.41) is 10.0. The lowest BCUT2D eigenvalue weighted by molar-refractivity contribution is -0.118. The van der Waals surface area contributed by atoms with Gasteiger partial charge in [-0.2, -0.15) is 5.10 Å². The molecule has 6 rings (SSSR count). The van der Waals surface area contributed by atoms with E-state index in [-0.39, 0.29) is 34.1 Å². The number of H-pyrrole nitrogens is 2. The standard InChI is InChI=1S/C25H19FN8O2/c1-12(2)25(35)30-15-7-14(8-27-9-15)17-10-29-22-18(19(17)26)21(33-34-22)24-31-20-16(13-4-6-36-11-13)3-5-28-23(20)32-24/h3-12H,1-2H3,(H,30,35)(H,28,31,32)(H,29,33,34).